The molecule has 0 radical (unpaired) electrons. The highest BCUT2D eigenvalue weighted by molar-refractivity contribution is 7.90. The van der Waals surface area contributed by atoms with Crippen LogP contribution < -0.4 is 4.74 Å². The van der Waals surface area contributed by atoms with Crippen LogP contribution in [-0.4, -0.2) is 24.5 Å². The minimum Gasteiger partial charge on any atom is -0.496 e. The Morgan fingerprint density at radius 2 is 1.68 bits per heavy atom. The molecule has 1 heterocycles. The highest BCUT2D eigenvalue weighted by Crippen LogP contribution is 2.29. The summed E-state index contributed by atoms with van der Waals surface area (Å²) in [6.07, 6.45) is 1.55. The molecule has 0 saturated carbocycles. The second kappa shape index (κ2) is 6.37. The molecule has 0 saturated heterocycles. The van der Waals surface area contributed by atoms with Gasteiger partial charge in [0.2, 0.25) is 0 Å². The Morgan fingerprint density at radius 3 is 2.32 bits per heavy atom. The number of benzene rings is 2. The highest BCUT2D eigenvalue weighted by atomic mass is 32.2. The lowest BCUT2D eigenvalue weighted by Crippen LogP contribution is -2.15. The normalized spacial score (nSPS) is 11.5. The first kappa shape index (κ1) is 17.2. The van der Waals surface area contributed by atoms with Crippen molar-refractivity contribution in [3.63, 3.8) is 0 Å². The highest BCUT2D eigenvalue weighted by Gasteiger charge is 2.25. The van der Waals surface area contributed by atoms with Crippen LogP contribution in [0.15, 0.2) is 53.6 Å². The smallest absolute Gasteiger partial charge is 0.269 e. The van der Waals surface area contributed by atoms with Gasteiger partial charge in [0.1, 0.15) is 5.75 Å². The van der Waals surface area contributed by atoms with Gasteiger partial charge in [-0.25, -0.2) is 17.4 Å². The van der Waals surface area contributed by atoms with Crippen LogP contribution in [0.3, 0.4) is 0 Å². The summed E-state index contributed by atoms with van der Waals surface area (Å²) < 4.78 is 33.1. The summed E-state index contributed by atoms with van der Waals surface area (Å²) in [6.45, 7) is 5.37. The number of imidazole rings is 1. The van der Waals surface area contributed by atoms with Crippen LogP contribution >= 0.6 is 0 Å². The number of methoxy groups -OCH3 is 1. The summed E-state index contributed by atoms with van der Waals surface area (Å²) in [4.78, 5) is 4.67. The first-order chi connectivity index (χ1) is 11.8. The van der Waals surface area contributed by atoms with Crippen LogP contribution in [0.1, 0.15) is 16.8 Å². The maximum Gasteiger partial charge on any atom is 0.269 e. The zero-order valence-electron chi connectivity index (χ0n) is 14.6. The summed E-state index contributed by atoms with van der Waals surface area (Å²) >= 11 is 0. The maximum absolute atomic E-state index is 13.3. The van der Waals surface area contributed by atoms with Gasteiger partial charge in [0.15, 0.2) is 5.82 Å². The number of aromatic nitrogens is 2. The minimum absolute atomic E-state index is 0.250. The lowest BCUT2D eigenvalue weighted by molar-refractivity contribution is 0.411. The van der Waals surface area contributed by atoms with Gasteiger partial charge in [0.05, 0.1) is 17.7 Å². The molecule has 2 aromatic carbocycles. The van der Waals surface area contributed by atoms with Crippen LogP contribution in [0.25, 0.3) is 11.4 Å². The molecular weight excluding hydrogens is 336 g/mol. The second-order valence-corrected chi connectivity index (χ2v) is 7.74. The van der Waals surface area contributed by atoms with Crippen molar-refractivity contribution in [1.82, 2.24) is 8.96 Å². The Morgan fingerprint density at radius 1 is 1.00 bits per heavy atom. The molecular formula is C19H20N2O3S. The molecule has 0 aliphatic heterocycles. The molecule has 0 spiro atoms. The molecule has 0 aliphatic carbocycles. The molecule has 1 aromatic heterocycles. The van der Waals surface area contributed by atoms with E-state index in [9.17, 15) is 8.42 Å². The molecule has 0 bridgehead atoms. The first-order valence-electron chi connectivity index (χ1n) is 7.87. The summed E-state index contributed by atoms with van der Waals surface area (Å²) in [5.41, 5.74) is 2.80. The van der Waals surface area contributed by atoms with Crippen molar-refractivity contribution >= 4 is 10.0 Å². The van der Waals surface area contributed by atoms with Gasteiger partial charge in [-0.05, 0) is 44.0 Å². The third-order valence-electron chi connectivity index (χ3n) is 4.06. The largest absolute Gasteiger partial charge is 0.496 e. The Kier molecular flexibility index (Phi) is 4.39. The van der Waals surface area contributed by atoms with E-state index < -0.39 is 10.0 Å². The van der Waals surface area contributed by atoms with Gasteiger partial charge in [-0.2, -0.15) is 0 Å². The monoisotopic (exact) mass is 356 g/mol. The van der Waals surface area contributed by atoms with Gasteiger partial charge >= 0.3 is 0 Å². The van der Waals surface area contributed by atoms with E-state index >= 15 is 0 Å². The predicted molar refractivity (Wildman–Crippen MR) is 97.5 cm³/mol. The van der Waals surface area contributed by atoms with Crippen molar-refractivity contribution in [1.29, 1.82) is 0 Å². The number of rotatable bonds is 4. The van der Waals surface area contributed by atoms with E-state index in [2.05, 4.69) is 4.98 Å². The number of ether oxygens (including phenoxy) is 1. The lowest BCUT2D eigenvalue weighted by atomic mass is 10.1. The summed E-state index contributed by atoms with van der Waals surface area (Å²) in [5, 5.41) is 0. The first-order valence-corrected chi connectivity index (χ1v) is 9.31. The van der Waals surface area contributed by atoms with Crippen LogP contribution in [0.2, 0.25) is 0 Å². The SMILES string of the molecule is COc1cc(C)c(S(=O)(=O)n2cc(C)nc2-c2ccccc2)cc1C. The quantitative estimate of drug-likeness (QED) is 0.715. The average molecular weight is 356 g/mol. The zero-order valence-corrected chi connectivity index (χ0v) is 15.5. The summed E-state index contributed by atoms with van der Waals surface area (Å²) in [6, 6.07) is 12.7. The maximum atomic E-state index is 13.3. The number of hydrogen-bond donors (Lipinski definition) is 0. The van der Waals surface area contributed by atoms with Crippen molar-refractivity contribution in [2.45, 2.75) is 25.7 Å². The van der Waals surface area contributed by atoms with Gasteiger partial charge in [-0.3, -0.25) is 0 Å². The van der Waals surface area contributed by atoms with Crippen LogP contribution in [-0.2, 0) is 10.0 Å². The molecule has 0 unspecified atom stereocenters. The molecule has 0 aliphatic rings. The van der Waals surface area contributed by atoms with Crippen molar-refractivity contribution in [2.24, 2.45) is 0 Å². The van der Waals surface area contributed by atoms with E-state index in [1.165, 1.54) is 3.97 Å². The van der Waals surface area contributed by atoms with Crippen LogP contribution in [0.5, 0.6) is 5.75 Å². The van der Waals surface area contributed by atoms with Crippen molar-refractivity contribution in [3.8, 4) is 17.1 Å². The fraction of sp³-hybridized carbons (Fsp3) is 0.211. The Balaban J connectivity index is 2.22. The van der Waals surface area contributed by atoms with E-state index in [0.29, 0.717) is 22.8 Å². The summed E-state index contributed by atoms with van der Waals surface area (Å²) in [7, 11) is -2.20. The molecule has 130 valence electrons. The summed E-state index contributed by atoms with van der Waals surface area (Å²) in [5.74, 6) is 1.08. The standard InChI is InChI=1S/C19H20N2O3S/c1-13-11-18(14(2)10-17(13)24-4)25(22,23)21-12-15(3)20-19(21)16-8-6-5-7-9-16/h5-12H,1-4H3. The van der Waals surface area contributed by atoms with E-state index in [0.717, 1.165) is 11.1 Å². The fourth-order valence-corrected chi connectivity index (χ4v) is 4.47. The van der Waals surface area contributed by atoms with E-state index in [4.69, 9.17) is 4.74 Å². The van der Waals surface area contributed by atoms with Crippen LogP contribution in [0.4, 0.5) is 0 Å². The predicted octanol–water partition coefficient (Wildman–Crippen LogP) is 3.72. The molecule has 6 heteroatoms. The van der Waals surface area contributed by atoms with Gasteiger partial charge in [0, 0.05) is 11.8 Å². The zero-order chi connectivity index (χ0) is 18.2. The van der Waals surface area contributed by atoms with Gasteiger partial charge in [-0.15, -0.1) is 0 Å². The third-order valence-corrected chi connectivity index (χ3v) is 5.85. The Hall–Kier alpha value is -2.60. The molecule has 3 aromatic rings. The van der Waals surface area contributed by atoms with Gasteiger partial charge in [-0.1, -0.05) is 30.3 Å². The Labute approximate surface area is 148 Å². The van der Waals surface area contributed by atoms with Gasteiger partial charge < -0.3 is 4.74 Å². The van der Waals surface area contributed by atoms with Crippen molar-refractivity contribution < 1.29 is 13.2 Å². The molecule has 3 rings (SSSR count). The van der Waals surface area contributed by atoms with Gasteiger partial charge in [0.25, 0.3) is 10.0 Å². The number of aryl methyl sites for hydroxylation is 3. The van der Waals surface area contributed by atoms with Crippen molar-refractivity contribution in [2.75, 3.05) is 7.11 Å². The molecule has 0 atom stereocenters. The topological polar surface area (TPSA) is 61.2 Å². The molecule has 25 heavy (non-hydrogen) atoms. The molecule has 0 amide bonds. The van der Waals surface area contributed by atoms with Crippen LogP contribution in [0, 0.1) is 20.8 Å². The molecule has 0 fully saturated rings. The average Bonchev–Trinajstić information content (AvgIpc) is 3.00. The fourth-order valence-electron chi connectivity index (χ4n) is 2.81. The molecule has 0 N–H and O–H groups in total. The number of nitrogens with zero attached hydrogens (tertiary/aromatic N) is 2. The second-order valence-electron chi connectivity index (χ2n) is 5.96. The van der Waals surface area contributed by atoms with E-state index in [-0.39, 0.29) is 4.90 Å². The van der Waals surface area contributed by atoms with Crippen molar-refractivity contribution in [3.05, 3.63) is 65.5 Å². The van der Waals surface area contributed by atoms with E-state index in [1.807, 2.05) is 37.3 Å². The lowest BCUT2D eigenvalue weighted by Gasteiger charge is -2.14. The van der Waals surface area contributed by atoms with E-state index in [1.54, 1.807) is 39.3 Å². The Bertz CT molecular complexity index is 1020. The number of hydrogen-bond acceptors (Lipinski definition) is 4. The third kappa shape index (κ3) is 3.05. The minimum atomic E-state index is -3.78. The molecule has 5 nitrogen and oxygen atoms in total.